The minimum absolute atomic E-state index is 0. The van der Waals surface area contributed by atoms with Crippen LogP contribution in [0.5, 0.6) is 0 Å². The van der Waals surface area contributed by atoms with E-state index in [1.165, 1.54) is 0 Å². The minimum atomic E-state index is -1.75. The zero-order valence-corrected chi connectivity index (χ0v) is 11.0. The van der Waals surface area contributed by atoms with Gasteiger partial charge in [0.15, 0.2) is 0 Å². The molecule has 7 N–H and O–H groups in total. The molecule has 0 aromatic heterocycles. The molecule has 0 unspecified atom stereocenters. The Bertz CT molecular complexity index is 146. The van der Waals surface area contributed by atoms with Crippen LogP contribution in [0.15, 0.2) is 0 Å². The second-order valence-corrected chi connectivity index (χ2v) is 1.12. The number of aliphatic hydroxyl groups excluding tert-OH is 2. The fraction of sp³-hybridized carbons (Fsp3) is 1.00. The second kappa shape index (κ2) is 43.7. The number of aliphatic hydroxyl groups is 2. The molecule has 0 atom stereocenters. The predicted molar refractivity (Wildman–Crippen MR) is 53.9 cm³/mol. The first-order valence-corrected chi connectivity index (χ1v) is 2.78. The molecule has 0 saturated heterocycles. The molecule has 0 aromatic rings. The quantitative estimate of drug-likeness (QED) is 0.282. The third-order valence-corrected chi connectivity index (χ3v) is 0.1000. The molecule has 19 heavy (non-hydrogen) atoms. The zero-order valence-electron chi connectivity index (χ0n) is 8.86. The normalized spacial score (nSPS) is 5.37. The molecule has 0 bridgehead atoms. The molecule has 0 amide bonds. The molecule has 0 spiro atoms. The van der Waals surface area contributed by atoms with Gasteiger partial charge in [-0.3, -0.25) is 0 Å². The van der Waals surface area contributed by atoms with E-state index in [1.807, 2.05) is 0 Å². The van der Waals surface area contributed by atoms with Gasteiger partial charge in [-0.2, -0.15) is 0 Å². The van der Waals surface area contributed by atoms with Gasteiger partial charge in [-0.15, -0.1) is 0 Å². The van der Waals surface area contributed by atoms with Gasteiger partial charge in [-0.05, 0) is 0 Å². The van der Waals surface area contributed by atoms with Crippen molar-refractivity contribution in [2.75, 3.05) is 13.2 Å². The van der Waals surface area contributed by atoms with E-state index >= 15 is 0 Å². The van der Waals surface area contributed by atoms with Crippen LogP contribution in [-0.2, 0) is 0 Å². The summed E-state index contributed by atoms with van der Waals surface area (Å²) in [4.78, 5) is 24.8. The molecule has 0 heterocycles. The van der Waals surface area contributed by atoms with Crippen molar-refractivity contribution in [2.45, 2.75) is 0 Å². The van der Waals surface area contributed by atoms with Gasteiger partial charge in [0.05, 0.1) is 28.5 Å². The molecule has 120 valence electrons. The van der Waals surface area contributed by atoms with Crippen LogP contribution < -0.4 is 6.15 Å². The van der Waals surface area contributed by atoms with Crippen molar-refractivity contribution in [3.05, 3.63) is 46.0 Å². The third kappa shape index (κ3) is 48200. The average molecular weight is 442 g/mol. The van der Waals surface area contributed by atoms with E-state index in [0.29, 0.717) is 0 Å². The summed E-state index contributed by atoms with van der Waals surface area (Å²) in [5.41, 5.74) is 0. The Balaban J connectivity index is -0.0000000192. The van der Waals surface area contributed by atoms with Gasteiger partial charge < -0.3 is 67.8 Å². The molecule has 0 aliphatic carbocycles. The number of rotatable bonds is 1. The summed E-state index contributed by atoms with van der Waals surface area (Å²) in [6.45, 7) is -0.250. The molecule has 0 rings (SSSR count). The molecule has 0 aliphatic heterocycles. The summed E-state index contributed by atoms with van der Waals surface area (Å²) in [5, 5.41) is 59.5. The predicted octanol–water partition coefficient (Wildman–Crippen LogP) is -2.41. The van der Waals surface area contributed by atoms with Crippen LogP contribution in [0.1, 0.15) is 0 Å². The standard InChI is InChI=1S/C2H6O2.3NO3.H3N.H2O.Tb/c3-1-2-4;3*2-1(3)4;;;/h3-4H,1-2H2;;;;1H3;1H2;/q;3*-1;;;+3. The minimum Gasteiger partial charge on any atom is -0.412 e. The second-order valence-electron chi connectivity index (χ2n) is 1.12. The van der Waals surface area contributed by atoms with Crippen molar-refractivity contribution >= 4 is 0 Å². The van der Waals surface area contributed by atoms with Crippen LogP contribution in [0.25, 0.3) is 0 Å². The van der Waals surface area contributed by atoms with E-state index < -0.39 is 15.3 Å². The summed E-state index contributed by atoms with van der Waals surface area (Å²) in [6.07, 6.45) is 0. The van der Waals surface area contributed by atoms with E-state index in [9.17, 15) is 0 Å². The number of nitrogens with zero attached hydrogens (tertiary/aromatic N) is 3. The zero-order chi connectivity index (χ0) is 14.1. The molecule has 0 fully saturated rings. The van der Waals surface area contributed by atoms with Gasteiger partial charge in [0.25, 0.3) is 0 Å². The largest absolute Gasteiger partial charge is 3.00 e. The Morgan fingerprint density at radius 3 is 0.737 bits per heavy atom. The van der Waals surface area contributed by atoms with Gasteiger partial charge in [0.2, 0.25) is 0 Å². The summed E-state index contributed by atoms with van der Waals surface area (Å²) < 4.78 is 0. The first-order valence-electron chi connectivity index (χ1n) is 2.78. The van der Waals surface area contributed by atoms with Gasteiger partial charge in [-0.25, -0.2) is 0 Å². The summed E-state index contributed by atoms with van der Waals surface area (Å²) in [6, 6.07) is 0. The van der Waals surface area contributed by atoms with Crippen molar-refractivity contribution < 1.29 is 69.6 Å². The van der Waals surface area contributed by atoms with Crippen LogP contribution in [0.4, 0.5) is 0 Å². The number of hydrogen-bond donors (Lipinski definition) is 3. The summed E-state index contributed by atoms with van der Waals surface area (Å²) >= 11 is 0. The van der Waals surface area contributed by atoms with Crippen LogP contribution in [0, 0.1) is 84.6 Å². The maximum Gasteiger partial charge on any atom is 3.00 e. The molecule has 0 saturated carbocycles. The van der Waals surface area contributed by atoms with E-state index in [2.05, 4.69) is 0 Å². The fourth-order valence-electron chi connectivity index (χ4n) is 0. The van der Waals surface area contributed by atoms with Crippen molar-refractivity contribution in [3.8, 4) is 0 Å². The topological polar surface area (TPSA) is 306 Å². The van der Waals surface area contributed by atoms with Crippen molar-refractivity contribution in [1.29, 1.82) is 0 Å². The van der Waals surface area contributed by atoms with E-state index in [-0.39, 0.29) is 63.5 Å². The van der Waals surface area contributed by atoms with E-state index in [4.69, 9.17) is 56.2 Å². The molecular weight excluding hydrogens is 431 g/mol. The van der Waals surface area contributed by atoms with E-state index in [0.717, 1.165) is 0 Å². The van der Waals surface area contributed by atoms with Crippen molar-refractivity contribution in [1.82, 2.24) is 6.15 Å². The average Bonchev–Trinajstić information content (AvgIpc) is 2.00. The van der Waals surface area contributed by atoms with Crippen molar-refractivity contribution in [3.63, 3.8) is 0 Å². The monoisotopic (exact) mass is 442 g/mol. The Labute approximate surface area is 134 Å². The molecule has 16 nitrogen and oxygen atoms in total. The Kier molecular flexibility index (Phi) is 99.2. The first kappa shape index (κ1) is 43.1. The number of hydrogen-bond acceptors (Lipinski definition) is 12. The van der Waals surface area contributed by atoms with Crippen LogP contribution in [-0.4, -0.2) is 44.2 Å². The smallest absolute Gasteiger partial charge is 0.412 e. The van der Waals surface area contributed by atoms with Crippen LogP contribution in [0.3, 0.4) is 0 Å². The Morgan fingerprint density at radius 2 is 0.737 bits per heavy atom. The van der Waals surface area contributed by atoms with Gasteiger partial charge in [0.1, 0.15) is 0 Å². The third-order valence-electron chi connectivity index (χ3n) is 0.1000. The van der Waals surface area contributed by atoms with Gasteiger partial charge in [-0.1, -0.05) is 0 Å². The SMILES string of the molecule is N.O.O=[N+]([O-])[O-].O=[N+]([O-])[O-].O=[N+]([O-])[O-].OCCO.[Tb+3]. The van der Waals surface area contributed by atoms with Crippen molar-refractivity contribution in [2.24, 2.45) is 0 Å². The molecular formula is C2H11N4O12Tb. The molecule has 0 radical (unpaired) electrons. The van der Waals surface area contributed by atoms with Gasteiger partial charge >= 0.3 is 38.6 Å². The maximum absolute atomic E-state index is 8.25. The fourth-order valence-corrected chi connectivity index (χ4v) is 0. The molecule has 0 aromatic carbocycles. The Hall–Kier alpha value is -1.27. The van der Waals surface area contributed by atoms with E-state index in [1.54, 1.807) is 0 Å². The van der Waals surface area contributed by atoms with Gasteiger partial charge in [0, 0.05) is 0 Å². The summed E-state index contributed by atoms with van der Waals surface area (Å²) in [5.74, 6) is 0. The molecule has 17 heteroatoms. The summed E-state index contributed by atoms with van der Waals surface area (Å²) in [7, 11) is 0. The molecule has 0 aliphatic rings. The van der Waals surface area contributed by atoms with Crippen LogP contribution >= 0.6 is 0 Å². The maximum atomic E-state index is 8.25. The first-order chi connectivity index (χ1) is 7.11. The van der Waals surface area contributed by atoms with Crippen LogP contribution in [0.2, 0.25) is 0 Å². The Morgan fingerprint density at radius 1 is 0.684 bits per heavy atom.